The Bertz CT molecular complexity index is 1150. The fourth-order valence-electron chi connectivity index (χ4n) is 4.35. The van der Waals surface area contributed by atoms with E-state index in [4.69, 9.17) is 0 Å². The molecule has 1 amide bonds. The van der Waals surface area contributed by atoms with Crippen LogP contribution in [0.4, 0.5) is 0 Å². The lowest BCUT2D eigenvalue weighted by Crippen LogP contribution is -2.39. The topological polar surface area (TPSA) is 73.4 Å². The number of benzene rings is 2. The van der Waals surface area contributed by atoms with Crippen molar-refractivity contribution in [3.05, 3.63) is 80.6 Å². The van der Waals surface area contributed by atoms with Crippen LogP contribution in [-0.4, -0.2) is 34.0 Å². The molecule has 1 aromatic heterocycles. The maximum atomic E-state index is 13.3. The Morgan fingerprint density at radius 2 is 1.77 bits per heavy atom. The number of hydrogen-bond donors (Lipinski definition) is 2. The molecule has 0 aliphatic rings. The lowest BCUT2D eigenvalue weighted by Gasteiger charge is -2.29. The second-order valence-electron chi connectivity index (χ2n) is 8.62. The van der Waals surface area contributed by atoms with Crippen molar-refractivity contribution in [3.63, 3.8) is 0 Å². The highest BCUT2D eigenvalue weighted by Crippen LogP contribution is 2.25. The largest absolute Gasteiger partial charge is 0.395 e. The Labute approximate surface area is 183 Å². The van der Waals surface area contributed by atoms with Gasteiger partial charge in [0.15, 0.2) is 0 Å². The van der Waals surface area contributed by atoms with Gasteiger partial charge in [-0.15, -0.1) is 0 Å². The molecule has 0 spiro atoms. The molecule has 164 valence electrons. The van der Waals surface area contributed by atoms with E-state index >= 15 is 0 Å². The van der Waals surface area contributed by atoms with Gasteiger partial charge in [-0.3, -0.25) is 9.59 Å². The van der Waals surface area contributed by atoms with E-state index in [1.165, 1.54) is 0 Å². The monoisotopic (exact) mass is 420 g/mol. The molecule has 2 aromatic carbocycles. The number of rotatable bonds is 7. The zero-order valence-electron chi connectivity index (χ0n) is 19.0. The zero-order chi connectivity index (χ0) is 22.7. The van der Waals surface area contributed by atoms with Gasteiger partial charge in [0.25, 0.3) is 5.56 Å². The van der Waals surface area contributed by atoms with Crippen molar-refractivity contribution in [2.75, 3.05) is 13.2 Å². The minimum Gasteiger partial charge on any atom is -0.395 e. The van der Waals surface area contributed by atoms with Gasteiger partial charge in [-0.05, 0) is 60.9 Å². The van der Waals surface area contributed by atoms with Gasteiger partial charge in [0, 0.05) is 12.1 Å². The standard InChI is InChI=1S/C26H32N2O3/c1-16(2)22-9-7-6-8-20(22)15-24(30)28(10-11-29)19(5)23-14-21-13-17(3)12-18(4)25(21)27-26(23)31/h6-9,12-14,16,19,29H,10-11,15H2,1-5H3,(H,27,31). The highest BCUT2D eigenvalue weighted by Gasteiger charge is 2.24. The van der Waals surface area contributed by atoms with Crippen LogP contribution in [0.3, 0.4) is 0 Å². The molecule has 0 radical (unpaired) electrons. The van der Waals surface area contributed by atoms with Crippen molar-refractivity contribution >= 4 is 16.8 Å². The number of pyridine rings is 1. The molecule has 3 aromatic rings. The first kappa shape index (κ1) is 22.8. The summed E-state index contributed by atoms with van der Waals surface area (Å²) in [7, 11) is 0. The van der Waals surface area contributed by atoms with E-state index in [0.717, 1.165) is 33.2 Å². The Morgan fingerprint density at radius 3 is 2.45 bits per heavy atom. The Kier molecular flexibility index (Phi) is 6.96. The Morgan fingerprint density at radius 1 is 1.06 bits per heavy atom. The number of carbonyl (C=O) groups excluding carboxylic acids is 1. The van der Waals surface area contributed by atoms with Gasteiger partial charge >= 0.3 is 0 Å². The van der Waals surface area contributed by atoms with Crippen molar-refractivity contribution in [3.8, 4) is 0 Å². The molecule has 1 unspecified atom stereocenters. The average Bonchev–Trinajstić information content (AvgIpc) is 2.71. The average molecular weight is 421 g/mol. The molecule has 2 N–H and O–H groups in total. The third-order valence-electron chi connectivity index (χ3n) is 5.92. The second kappa shape index (κ2) is 9.48. The van der Waals surface area contributed by atoms with Crippen LogP contribution in [0.2, 0.25) is 0 Å². The minimum absolute atomic E-state index is 0.102. The summed E-state index contributed by atoms with van der Waals surface area (Å²) in [5.41, 5.74) is 5.39. The van der Waals surface area contributed by atoms with E-state index < -0.39 is 6.04 Å². The van der Waals surface area contributed by atoms with Gasteiger partial charge in [0.05, 0.1) is 24.6 Å². The van der Waals surface area contributed by atoms with Crippen molar-refractivity contribution in [1.29, 1.82) is 0 Å². The van der Waals surface area contributed by atoms with Crippen molar-refractivity contribution in [2.24, 2.45) is 0 Å². The molecule has 0 aliphatic heterocycles. The second-order valence-corrected chi connectivity index (χ2v) is 8.62. The van der Waals surface area contributed by atoms with Crippen LogP contribution in [0.5, 0.6) is 0 Å². The zero-order valence-corrected chi connectivity index (χ0v) is 19.0. The maximum Gasteiger partial charge on any atom is 0.253 e. The molecule has 31 heavy (non-hydrogen) atoms. The molecular weight excluding hydrogens is 388 g/mol. The van der Waals surface area contributed by atoms with Gasteiger partial charge in [-0.1, -0.05) is 49.7 Å². The number of hydrogen-bond acceptors (Lipinski definition) is 3. The number of H-pyrrole nitrogens is 1. The van der Waals surface area contributed by atoms with E-state index in [2.05, 4.69) is 18.8 Å². The molecule has 1 heterocycles. The first-order chi connectivity index (χ1) is 14.7. The van der Waals surface area contributed by atoms with Crippen molar-refractivity contribution in [1.82, 2.24) is 9.88 Å². The molecule has 0 saturated carbocycles. The van der Waals surface area contributed by atoms with Crippen LogP contribution < -0.4 is 5.56 Å². The molecule has 1 atom stereocenters. The lowest BCUT2D eigenvalue weighted by molar-refractivity contribution is -0.133. The van der Waals surface area contributed by atoms with Crippen LogP contribution in [0.1, 0.15) is 60.5 Å². The molecular formula is C26H32N2O3. The molecule has 0 aliphatic carbocycles. The van der Waals surface area contributed by atoms with E-state index in [0.29, 0.717) is 11.5 Å². The summed E-state index contributed by atoms with van der Waals surface area (Å²) in [5.74, 6) is 0.206. The summed E-state index contributed by atoms with van der Waals surface area (Å²) in [6.45, 7) is 10.1. The highest BCUT2D eigenvalue weighted by molar-refractivity contribution is 5.83. The van der Waals surface area contributed by atoms with Gasteiger partial charge in [-0.2, -0.15) is 0 Å². The van der Waals surface area contributed by atoms with Gasteiger partial charge in [0.1, 0.15) is 0 Å². The molecule has 0 bridgehead atoms. The van der Waals surface area contributed by atoms with Gasteiger partial charge < -0.3 is 15.0 Å². The number of amides is 1. The number of aliphatic hydroxyl groups excluding tert-OH is 1. The van der Waals surface area contributed by atoms with E-state index in [1.807, 2.05) is 63.2 Å². The Balaban J connectivity index is 1.97. The summed E-state index contributed by atoms with van der Waals surface area (Å²) in [6.07, 6.45) is 0.238. The first-order valence-electron chi connectivity index (χ1n) is 10.8. The van der Waals surface area contributed by atoms with Crippen LogP contribution in [0.25, 0.3) is 10.9 Å². The van der Waals surface area contributed by atoms with Crippen molar-refractivity contribution < 1.29 is 9.90 Å². The number of aromatic amines is 1. The van der Waals surface area contributed by atoms with E-state index in [9.17, 15) is 14.7 Å². The van der Waals surface area contributed by atoms with Crippen LogP contribution in [0, 0.1) is 13.8 Å². The van der Waals surface area contributed by atoms with E-state index in [-0.39, 0.29) is 31.0 Å². The number of nitrogens with one attached hydrogen (secondary N) is 1. The molecule has 5 nitrogen and oxygen atoms in total. The summed E-state index contributed by atoms with van der Waals surface area (Å²) in [5, 5.41) is 10.6. The molecule has 5 heteroatoms. The molecule has 3 rings (SSSR count). The van der Waals surface area contributed by atoms with Crippen LogP contribution in [0.15, 0.2) is 47.3 Å². The van der Waals surface area contributed by atoms with Crippen LogP contribution in [-0.2, 0) is 11.2 Å². The predicted octanol–water partition coefficient (Wildman–Crippen LogP) is 4.39. The quantitative estimate of drug-likeness (QED) is 0.595. The fourth-order valence-corrected chi connectivity index (χ4v) is 4.35. The number of carbonyl (C=O) groups is 1. The summed E-state index contributed by atoms with van der Waals surface area (Å²) in [6, 6.07) is 13.4. The third-order valence-corrected chi connectivity index (χ3v) is 5.92. The molecule has 0 saturated heterocycles. The highest BCUT2D eigenvalue weighted by atomic mass is 16.3. The third kappa shape index (κ3) is 4.88. The number of aliphatic hydroxyl groups is 1. The normalized spacial score (nSPS) is 12.4. The first-order valence-corrected chi connectivity index (χ1v) is 10.8. The maximum absolute atomic E-state index is 13.3. The van der Waals surface area contributed by atoms with Gasteiger partial charge in [0.2, 0.25) is 5.91 Å². The lowest BCUT2D eigenvalue weighted by atomic mass is 9.94. The fraction of sp³-hybridized carbons (Fsp3) is 0.385. The summed E-state index contributed by atoms with van der Waals surface area (Å²) in [4.78, 5) is 30.8. The minimum atomic E-state index is -0.458. The molecule has 0 fully saturated rings. The number of aryl methyl sites for hydroxylation is 2. The van der Waals surface area contributed by atoms with E-state index in [1.54, 1.807) is 4.90 Å². The number of fused-ring (bicyclic) bond motifs is 1. The smallest absolute Gasteiger partial charge is 0.253 e. The Hall–Kier alpha value is -2.92. The predicted molar refractivity (Wildman–Crippen MR) is 125 cm³/mol. The van der Waals surface area contributed by atoms with Crippen LogP contribution >= 0.6 is 0 Å². The summed E-state index contributed by atoms with van der Waals surface area (Å²) >= 11 is 0. The summed E-state index contributed by atoms with van der Waals surface area (Å²) < 4.78 is 0. The number of nitrogens with zero attached hydrogens (tertiary/aromatic N) is 1. The van der Waals surface area contributed by atoms with Gasteiger partial charge in [-0.25, -0.2) is 0 Å². The number of aromatic nitrogens is 1. The van der Waals surface area contributed by atoms with Crippen molar-refractivity contribution in [2.45, 2.75) is 53.0 Å². The SMILES string of the molecule is Cc1cc(C)c2[nH]c(=O)c(C(C)N(CCO)C(=O)Cc3ccccc3C(C)C)cc2c1.